The SMILES string of the molecule is Cc1cccc(-n2ncc3c(=O)[nH]c(SCC(=O)NCc4ccccc4Cl)nc32)c1. The van der Waals surface area contributed by atoms with Gasteiger partial charge in [-0.25, -0.2) is 9.67 Å². The predicted octanol–water partition coefficient (Wildman–Crippen LogP) is 3.48. The lowest BCUT2D eigenvalue weighted by molar-refractivity contribution is -0.118. The Morgan fingerprint density at radius 1 is 1.23 bits per heavy atom. The zero-order valence-electron chi connectivity index (χ0n) is 16.1. The van der Waals surface area contributed by atoms with Gasteiger partial charge in [0.2, 0.25) is 5.91 Å². The third-order valence-corrected chi connectivity index (χ3v) is 5.68. The van der Waals surface area contributed by atoms with E-state index in [0.717, 1.165) is 28.6 Å². The lowest BCUT2D eigenvalue weighted by Crippen LogP contribution is -2.25. The number of fused-ring (bicyclic) bond motifs is 1. The number of nitrogens with zero attached hydrogens (tertiary/aromatic N) is 3. The Morgan fingerprint density at radius 2 is 2.07 bits per heavy atom. The van der Waals surface area contributed by atoms with Crippen LogP contribution in [0, 0.1) is 6.92 Å². The second-order valence-corrected chi connectivity index (χ2v) is 8.03. The lowest BCUT2D eigenvalue weighted by Gasteiger charge is -2.07. The largest absolute Gasteiger partial charge is 0.351 e. The molecule has 0 atom stereocenters. The van der Waals surface area contributed by atoms with Gasteiger partial charge in [0.15, 0.2) is 10.8 Å². The maximum absolute atomic E-state index is 12.4. The molecule has 0 spiro atoms. The Bertz CT molecular complexity index is 1280. The van der Waals surface area contributed by atoms with E-state index in [1.165, 1.54) is 6.20 Å². The van der Waals surface area contributed by atoms with Gasteiger partial charge in [0.1, 0.15) is 5.39 Å². The number of benzene rings is 2. The third-order valence-electron chi connectivity index (χ3n) is 4.44. The monoisotopic (exact) mass is 439 g/mol. The fourth-order valence-electron chi connectivity index (χ4n) is 2.94. The van der Waals surface area contributed by atoms with Crippen molar-refractivity contribution in [2.45, 2.75) is 18.6 Å². The molecule has 2 N–H and O–H groups in total. The van der Waals surface area contributed by atoms with Crippen LogP contribution in [-0.4, -0.2) is 31.4 Å². The molecule has 0 aliphatic carbocycles. The average molecular weight is 440 g/mol. The van der Waals surface area contributed by atoms with Crippen LogP contribution in [0.1, 0.15) is 11.1 Å². The first kappa shape index (κ1) is 20.2. The van der Waals surface area contributed by atoms with E-state index in [1.807, 2.05) is 49.4 Å². The number of H-pyrrole nitrogens is 1. The van der Waals surface area contributed by atoms with Crippen molar-refractivity contribution in [3.05, 3.63) is 81.2 Å². The Kier molecular flexibility index (Phi) is 5.87. The molecule has 2 aromatic carbocycles. The van der Waals surface area contributed by atoms with E-state index in [1.54, 1.807) is 10.7 Å². The second kappa shape index (κ2) is 8.73. The fourth-order valence-corrected chi connectivity index (χ4v) is 3.82. The summed E-state index contributed by atoms with van der Waals surface area (Å²) < 4.78 is 1.62. The van der Waals surface area contributed by atoms with Crippen LogP contribution in [0.4, 0.5) is 0 Å². The maximum Gasteiger partial charge on any atom is 0.262 e. The van der Waals surface area contributed by atoms with Crippen LogP contribution in [0.3, 0.4) is 0 Å². The van der Waals surface area contributed by atoms with E-state index >= 15 is 0 Å². The molecular formula is C21H18ClN5O2S. The van der Waals surface area contributed by atoms with Crippen LogP contribution in [0.5, 0.6) is 0 Å². The molecule has 7 nitrogen and oxygen atoms in total. The molecule has 4 rings (SSSR count). The van der Waals surface area contributed by atoms with Crippen LogP contribution in [0.25, 0.3) is 16.7 Å². The molecule has 0 unspecified atom stereocenters. The molecular weight excluding hydrogens is 422 g/mol. The summed E-state index contributed by atoms with van der Waals surface area (Å²) in [5.74, 6) is -0.0767. The highest BCUT2D eigenvalue weighted by Gasteiger charge is 2.13. The number of hydrogen-bond donors (Lipinski definition) is 2. The first-order chi connectivity index (χ1) is 14.5. The second-order valence-electron chi connectivity index (χ2n) is 6.66. The minimum atomic E-state index is -0.294. The fraction of sp³-hybridized carbons (Fsp3) is 0.143. The Balaban J connectivity index is 1.49. The molecule has 0 fully saturated rings. The molecule has 0 aliphatic rings. The first-order valence-electron chi connectivity index (χ1n) is 9.19. The number of amides is 1. The maximum atomic E-state index is 12.4. The summed E-state index contributed by atoms with van der Waals surface area (Å²) in [4.78, 5) is 31.9. The Labute approximate surface area is 181 Å². The van der Waals surface area contributed by atoms with E-state index in [0.29, 0.717) is 27.8 Å². The molecule has 0 saturated carbocycles. The highest BCUT2D eigenvalue weighted by Crippen LogP contribution is 2.19. The average Bonchev–Trinajstić information content (AvgIpc) is 3.16. The topological polar surface area (TPSA) is 92.7 Å². The number of halogens is 1. The number of hydrogen-bond acceptors (Lipinski definition) is 5. The number of nitrogens with one attached hydrogen (secondary N) is 2. The van der Waals surface area contributed by atoms with Crippen molar-refractivity contribution in [2.24, 2.45) is 0 Å². The Hall–Kier alpha value is -3.10. The van der Waals surface area contributed by atoms with E-state index < -0.39 is 0 Å². The van der Waals surface area contributed by atoms with Crippen molar-refractivity contribution in [3.8, 4) is 5.69 Å². The van der Waals surface area contributed by atoms with Crippen LogP contribution >= 0.6 is 23.4 Å². The number of aromatic nitrogens is 4. The standard InChI is InChI=1S/C21H18ClN5O2S/c1-13-5-4-7-15(9-13)27-19-16(11-24-27)20(29)26-21(25-19)30-12-18(28)23-10-14-6-2-3-8-17(14)22/h2-9,11H,10,12H2,1H3,(H,23,28)(H,25,26,29). The quantitative estimate of drug-likeness (QED) is 0.354. The summed E-state index contributed by atoms with van der Waals surface area (Å²) in [6.45, 7) is 2.32. The van der Waals surface area contributed by atoms with Crippen molar-refractivity contribution in [1.29, 1.82) is 0 Å². The van der Waals surface area contributed by atoms with Crippen LogP contribution < -0.4 is 10.9 Å². The summed E-state index contributed by atoms with van der Waals surface area (Å²) >= 11 is 7.26. The number of carbonyl (C=O) groups is 1. The molecule has 2 heterocycles. The van der Waals surface area contributed by atoms with E-state index in [9.17, 15) is 9.59 Å². The molecule has 0 bridgehead atoms. The molecule has 0 saturated heterocycles. The number of carbonyl (C=O) groups excluding carboxylic acids is 1. The van der Waals surface area contributed by atoms with Crippen molar-refractivity contribution in [2.75, 3.05) is 5.75 Å². The van der Waals surface area contributed by atoms with Gasteiger partial charge in [-0.05, 0) is 36.2 Å². The zero-order valence-corrected chi connectivity index (χ0v) is 17.6. The molecule has 9 heteroatoms. The summed E-state index contributed by atoms with van der Waals surface area (Å²) in [5.41, 5.74) is 2.89. The minimum absolute atomic E-state index is 0.109. The van der Waals surface area contributed by atoms with Gasteiger partial charge in [0, 0.05) is 11.6 Å². The third kappa shape index (κ3) is 4.39. The van der Waals surface area contributed by atoms with E-state index in [-0.39, 0.29) is 17.2 Å². The summed E-state index contributed by atoms with van der Waals surface area (Å²) in [6.07, 6.45) is 1.49. The number of aryl methyl sites for hydroxylation is 1. The van der Waals surface area contributed by atoms with Crippen molar-refractivity contribution in [3.63, 3.8) is 0 Å². The molecule has 30 heavy (non-hydrogen) atoms. The summed E-state index contributed by atoms with van der Waals surface area (Å²) in [7, 11) is 0. The highest BCUT2D eigenvalue weighted by atomic mass is 35.5. The van der Waals surface area contributed by atoms with Crippen LogP contribution in [0.15, 0.2) is 64.7 Å². The van der Waals surface area contributed by atoms with Crippen molar-refractivity contribution < 1.29 is 4.79 Å². The molecule has 1 amide bonds. The number of aromatic amines is 1. The van der Waals surface area contributed by atoms with Crippen molar-refractivity contribution in [1.82, 2.24) is 25.1 Å². The molecule has 0 radical (unpaired) electrons. The molecule has 4 aromatic rings. The van der Waals surface area contributed by atoms with Gasteiger partial charge < -0.3 is 10.3 Å². The smallest absolute Gasteiger partial charge is 0.262 e. The van der Waals surface area contributed by atoms with Gasteiger partial charge in [-0.3, -0.25) is 9.59 Å². The molecule has 0 aliphatic heterocycles. The van der Waals surface area contributed by atoms with E-state index in [4.69, 9.17) is 11.6 Å². The highest BCUT2D eigenvalue weighted by molar-refractivity contribution is 7.99. The minimum Gasteiger partial charge on any atom is -0.351 e. The van der Waals surface area contributed by atoms with Crippen LogP contribution in [0.2, 0.25) is 5.02 Å². The first-order valence-corrected chi connectivity index (χ1v) is 10.6. The van der Waals surface area contributed by atoms with Gasteiger partial charge in [0.25, 0.3) is 5.56 Å². The van der Waals surface area contributed by atoms with Gasteiger partial charge >= 0.3 is 0 Å². The predicted molar refractivity (Wildman–Crippen MR) is 118 cm³/mol. The van der Waals surface area contributed by atoms with E-state index in [2.05, 4.69) is 20.4 Å². The Morgan fingerprint density at radius 3 is 2.87 bits per heavy atom. The van der Waals surface area contributed by atoms with Gasteiger partial charge in [-0.15, -0.1) is 0 Å². The summed E-state index contributed by atoms with van der Waals surface area (Å²) in [5, 5.41) is 8.48. The normalized spacial score (nSPS) is 11.0. The molecule has 152 valence electrons. The lowest BCUT2D eigenvalue weighted by atomic mass is 10.2. The van der Waals surface area contributed by atoms with Crippen LogP contribution in [-0.2, 0) is 11.3 Å². The molecule has 2 aromatic heterocycles. The number of thioether (sulfide) groups is 1. The van der Waals surface area contributed by atoms with Gasteiger partial charge in [0.05, 0.1) is 17.6 Å². The van der Waals surface area contributed by atoms with Crippen molar-refractivity contribution >= 4 is 40.3 Å². The number of rotatable bonds is 6. The van der Waals surface area contributed by atoms with Gasteiger partial charge in [-0.2, -0.15) is 5.10 Å². The summed E-state index contributed by atoms with van der Waals surface area (Å²) in [6, 6.07) is 15.1. The van der Waals surface area contributed by atoms with Gasteiger partial charge in [-0.1, -0.05) is 53.7 Å². The zero-order chi connectivity index (χ0) is 21.1.